The fourth-order valence-electron chi connectivity index (χ4n) is 1.94. The number of fused-ring (bicyclic) bond motifs is 1. The molecule has 0 N–H and O–H groups in total. The van der Waals surface area contributed by atoms with Gasteiger partial charge >= 0.3 is 0 Å². The van der Waals surface area contributed by atoms with Crippen LogP contribution in [0.25, 0.3) is 0 Å². The molecule has 2 heterocycles. The highest BCUT2D eigenvalue weighted by molar-refractivity contribution is 9.11. The third-order valence-corrected chi connectivity index (χ3v) is 7.73. The van der Waals surface area contributed by atoms with Crippen molar-refractivity contribution in [2.75, 3.05) is 16.6 Å². The van der Waals surface area contributed by atoms with Crippen LogP contribution in [-0.4, -0.2) is 20.7 Å². The van der Waals surface area contributed by atoms with Gasteiger partial charge in [-0.1, -0.05) is 12.1 Å². The Morgan fingerprint density at radius 2 is 1.95 bits per heavy atom. The molecule has 3 rings (SSSR count). The summed E-state index contributed by atoms with van der Waals surface area (Å²) < 4.78 is 28.1. The van der Waals surface area contributed by atoms with Gasteiger partial charge in [0.05, 0.1) is 9.47 Å². The van der Waals surface area contributed by atoms with Crippen LogP contribution in [0.2, 0.25) is 0 Å². The Morgan fingerprint density at radius 1 is 1.16 bits per heavy atom. The lowest BCUT2D eigenvalue weighted by Gasteiger charge is -2.29. The molecule has 1 aromatic heterocycles. The van der Waals surface area contributed by atoms with Crippen molar-refractivity contribution in [2.24, 2.45) is 0 Å². The van der Waals surface area contributed by atoms with E-state index in [1.54, 1.807) is 23.9 Å². The second-order valence-corrected chi connectivity index (χ2v) is 9.64. The largest absolute Gasteiger partial charge is 0.273 e. The summed E-state index contributed by atoms with van der Waals surface area (Å²) in [5.41, 5.74) is 0.781. The zero-order valence-electron chi connectivity index (χ0n) is 9.74. The second kappa shape index (κ2) is 5.12. The van der Waals surface area contributed by atoms with Crippen LogP contribution in [0, 0.1) is 0 Å². The summed E-state index contributed by atoms with van der Waals surface area (Å²) in [4.78, 5) is 1.02. The number of anilines is 1. The molecule has 100 valence electrons. The number of para-hydroxylation sites is 1. The molecular formula is C12H10BrNO2S3. The van der Waals surface area contributed by atoms with Crippen molar-refractivity contribution < 1.29 is 8.42 Å². The number of sulfonamides is 1. The van der Waals surface area contributed by atoms with Gasteiger partial charge in [-0.05, 0) is 40.2 Å². The molecule has 7 heteroatoms. The molecule has 0 spiro atoms. The van der Waals surface area contributed by atoms with E-state index in [0.29, 0.717) is 10.8 Å². The first-order valence-electron chi connectivity index (χ1n) is 5.59. The molecule has 1 aliphatic rings. The van der Waals surface area contributed by atoms with Crippen molar-refractivity contribution in [3.8, 4) is 0 Å². The van der Waals surface area contributed by atoms with Gasteiger partial charge in [0.25, 0.3) is 10.0 Å². The number of thiophene rings is 1. The average Bonchev–Trinajstić information content (AvgIpc) is 2.85. The van der Waals surface area contributed by atoms with Crippen LogP contribution < -0.4 is 4.31 Å². The average molecular weight is 376 g/mol. The molecule has 19 heavy (non-hydrogen) atoms. The van der Waals surface area contributed by atoms with Gasteiger partial charge in [-0.15, -0.1) is 23.1 Å². The molecule has 0 aliphatic carbocycles. The van der Waals surface area contributed by atoms with E-state index in [0.717, 1.165) is 20.1 Å². The molecule has 0 unspecified atom stereocenters. The standard InChI is InChI=1S/C12H10BrNO2S3/c13-11-5-6-12(18-11)19(15,16)14-7-8-17-10-4-2-1-3-9(10)14/h1-6H,7-8H2. The highest BCUT2D eigenvalue weighted by atomic mass is 79.9. The zero-order valence-corrected chi connectivity index (χ0v) is 13.8. The normalized spacial score (nSPS) is 15.3. The predicted octanol–water partition coefficient (Wildman–Crippen LogP) is 3.81. The van der Waals surface area contributed by atoms with Crippen LogP contribution in [0.15, 0.2) is 49.3 Å². The minimum atomic E-state index is -3.45. The van der Waals surface area contributed by atoms with Gasteiger partial charge in [0.15, 0.2) is 0 Å². The smallest absolute Gasteiger partial charge is 0.264 e. The van der Waals surface area contributed by atoms with Gasteiger partial charge < -0.3 is 0 Å². The number of hydrogen-bond acceptors (Lipinski definition) is 4. The Bertz CT molecular complexity index is 711. The molecule has 0 bridgehead atoms. The summed E-state index contributed by atoms with van der Waals surface area (Å²) in [5, 5.41) is 0. The lowest BCUT2D eigenvalue weighted by atomic mass is 10.3. The first-order chi connectivity index (χ1) is 9.09. The number of benzene rings is 1. The number of thioether (sulfide) groups is 1. The molecule has 0 amide bonds. The second-order valence-electron chi connectivity index (χ2n) is 3.95. The van der Waals surface area contributed by atoms with Crippen LogP contribution in [0.1, 0.15) is 0 Å². The molecule has 3 nitrogen and oxygen atoms in total. The quantitative estimate of drug-likeness (QED) is 0.800. The summed E-state index contributed by atoms with van der Waals surface area (Å²) in [5.74, 6) is 0.781. The van der Waals surface area contributed by atoms with Gasteiger partial charge in [-0.3, -0.25) is 4.31 Å². The lowest BCUT2D eigenvalue weighted by molar-refractivity contribution is 0.593. The van der Waals surface area contributed by atoms with Crippen molar-refractivity contribution in [3.05, 3.63) is 40.2 Å². The summed E-state index contributed by atoms with van der Waals surface area (Å²) in [6.07, 6.45) is 0. The third-order valence-electron chi connectivity index (χ3n) is 2.78. The van der Waals surface area contributed by atoms with Gasteiger partial charge in [-0.2, -0.15) is 0 Å². The topological polar surface area (TPSA) is 37.4 Å². The van der Waals surface area contributed by atoms with Crippen LogP contribution >= 0.6 is 39.0 Å². The Balaban J connectivity index is 2.08. The number of hydrogen-bond donors (Lipinski definition) is 0. The highest BCUT2D eigenvalue weighted by Crippen LogP contribution is 2.39. The fourth-order valence-corrected chi connectivity index (χ4v) is 6.72. The van der Waals surface area contributed by atoms with Crippen LogP contribution in [0.5, 0.6) is 0 Å². The van der Waals surface area contributed by atoms with Crippen LogP contribution in [0.4, 0.5) is 5.69 Å². The molecule has 2 aromatic rings. The van der Waals surface area contributed by atoms with E-state index >= 15 is 0 Å². The number of nitrogens with zero attached hydrogens (tertiary/aromatic N) is 1. The molecule has 0 saturated carbocycles. The van der Waals surface area contributed by atoms with Crippen molar-refractivity contribution in [1.82, 2.24) is 0 Å². The van der Waals surface area contributed by atoms with E-state index in [2.05, 4.69) is 15.9 Å². The third kappa shape index (κ3) is 2.44. The van der Waals surface area contributed by atoms with E-state index in [4.69, 9.17) is 0 Å². The molecular weight excluding hydrogens is 366 g/mol. The fraction of sp³-hybridized carbons (Fsp3) is 0.167. The Kier molecular flexibility index (Phi) is 3.63. The Hall–Kier alpha value is -0.500. The van der Waals surface area contributed by atoms with E-state index in [1.807, 2.05) is 24.3 Å². The Morgan fingerprint density at radius 3 is 2.68 bits per heavy atom. The lowest BCUT2D eigenvalue weighted by Crippen LogP contribution is -2.34. The molecule has 0 atom stereocenters. The van der Waals surface area contributed by atoms with E-state index in [9.17, 15) is 8.42 Å². The minimum Gasteiger partial charge on any atom is -0.264 e. The summed E-state index contributed by atoms with van der Waals surface area (Å²) in [6.45, 7) is 0.513. The van der Waals surface area contributed by atoms with E-state index in [-0.39, 0.29) is 0 Å². The van der Waals surface area contributed by atoms with Crippen molar-refractivity contribution in [1.29, 1.82) is 0 Å². The van der Waals surface area contributed by atoms with Gasteiger partial charge in [-0.25, -0.2) is 8.42 Å². The van der Waals surface area contributed by atoms with E-state index < -0.39 is 10.0 Å². The molecule has 0 fully saturated rings. The monoisotopic (exact) mass is 375 g/mol. The minimum absolute atomic E-state index is 0.376. The van der Waals surface area contributed by atoms with Crippen LogP contribution in [0.3, 0.4) is 0 Å². The van der Waals surface area contributed by atoms with E-state index in [1.165, 1.54) is 15.6 Å². The summed E-state index contributed by atoms with van der Waals surface area (Å²) in [7, 11) is -3.45. The number of rotatable bonds is 2. The maximum atomic E-state index is 12.7. The van der Waals surface area contributed by atoms with Gasteiger partial charge in [0.2, 0.25) is 0 Å². The van der Waals surface area contributed by atoms with Crippen molar-refractivity contribution >= 4 is 54.7 Å². The van der Waals surface area contributed by atoms with Gasteiger partial charge in [0.1, 0.15) is 4.21 Å². The number of halogens is 1. The maximum absolute atomic E-state index is 12.7. The zero-order chi connectivity index (χ0) is 13.5. The van der Waals surface area contributed by atoms with Gasteiger partial charge in [0, 0.05) is 17.2 Å². The predicted molar refractivity (Wildman–Crippen MR) is 83.7 cm³/mol. The van der Waals surface area contributed by atoms with Crippen LogP contribution in [-0.2, 0) is 10.0 Å². The molecule has 0 radical (unpaired) electrons. The summed E-state index contributed by atoms with van der Waals surface area (Å²) in [6, 6.07) is 11.0. The SMILES string of the molecule is O=S(=O)(c1ccc(Br)s1)N1CCSc2ccccc21. The first-order valence-corrected chi connectivity index (χ1v) is 9.62. The summed E-state index contributed by atoms with van der Waals surface area (Å²) >= 11 is 6.25. The highest BCUT2D eigenvalue weighted by Gasteiger charge is 2.30. The molecule has 1 aromatic carbocycles. The first kappa shape index (κ1) is 13.5. The van der Waals surface area contributed by atoms with Crippen molar-refractivity contribution in [2.45, 2.75) is 9.10 Å². The Labute approximate surface area is 128 Å². The molecule has 0 saturated heterocycles. The van der Waals surface area contributed by atoms with Crippen molar-refractivity contribution in [3.63, 3.8) is 0 Å². The maximum Gasteiger partial charge on any atom is 0.273 e. The molecule has 1 aliphatic heterocycles.